The minimum atomic E-state index is -0.286. The molecule has 1 aromatic heterocycles. The molecule has 2 aromatic rings. The van der Waals surface area contributed by atoms with Crippen LogP contribution in [0.25, 0.3) is 11.5 Å². The summed E-state index contributed by atoms with van der Waals surface area (Å²) in [5.74, 6) is 0.972. The number of likely N-dealkylation sites (N-methyl/N-ethyl adjacent to an activating group) is 1. The lowest BCUT2D eigenvalue weighted by atomic mass is 10.2. The zero-order valence-corrected chi connectivity index (χ0v) is 9.90. The predicted octanol–water partition coefficient (Wildman–Crippen LogP) is 2.63. The molecule has 0 aliphatic carbocycles. The quantitative estimate of drug-likeness (QED) is 0.883. The molecule has 0 fully saturated rings. The van der Waals surface area contributed by atoms with E-state index in [9.17, 15) is 4.39 Å². The average molecular weight is 234 g/mol. The molecule has 3 nitrogen and oxygen atoms in total. The molecule has 1 unspecified atom stereocenters. The topological polar surface area (TPSA) is 38.1 Å². The van der Waals surface area contributed by atoms with E-state index in [-0.39, 0.29) is 5.82 Å². The first-order chi connectivity index (χ1) is 8.19. The summed E-state index contributed by atoms with van der Waals surface area (Å²) in [5, 5.41) is 3.12. The Bertz CT molecular complexity index is 496. The number of oxazole rings is 1. The molecule has 17 heavy (non-hydrogen) atoms. The SMILES string of the molecule is CNC(C)Cc1cnc(-c2cccc(F)c2)o1. The summed E-state index contributed by atoms with van der Waals surface area (Å²) in [7, 11) is 1.90. The first-order valence-corrected chi connectivity index (χ1v) is 5.57. The maximum atomic E-state index is 13.0. The van der Waals surface area contributed by atoms with Gasteiger partial charge in [0, 0.05) is 18.0 Å². The summed E-state index contributed by atoms with van der Waals surface area (Å²) in [5.41, 5.74) is 0.661. The summed E-state index contributed by atoms with van der Waals surface area (Å²) < 4.78 is 18.6. The van der Waals surface area contributed by atoms with Crippen LogP contribution < -0.4 is 5.32 Å². The lowest BCUT2D eigenvalue weighted by Crippen LogP contribution is -2.23. The lowest BCUT2D eigenvalue weighted by Gasteiger charge is -2.06. The van der Waals surface area contributed by atoms with E-state index in [1.54, 1.807) is 18.3 Å². The highest BCUT2D eigenvalue weighted by atomic mass is 19.1. The van der Waals surface area contributed by atoms with E-state index in [4.69, 9.17) is 4.42 Å². The maximum absolute atomic E-state index is 13.0. The number of hydrogen-bond acceptors (Lipinski definition) is 3. The van der Waals surface area contributed by atoms with E-state index in [0.29, 0.717) is 17.5 Å². The molecule has 90 valence electrons. The van der Waals surface area contributed by atoms with Crippen molar-refractivity contribution in [3.05, 3.63) is 42.0 Å². The van der Waals surface area contributed by atoms with Crippen LogP contribution in [-0.2, 0) is 6.42 Å². The molecule has 1 N–H and O–H groups in total. The second-order valence-corrected chi connectivity index (χ2v) is 4.04. The van der Waals surface area contributed by atoms with Gasteiger partial charge >= 0.3 is 0 Å². The van der Waals surface area contributed by atoms with Gasteiger partial charge in [0.1, 0.15) is 11.6 Å². The van der Waals surface area contributed by atoms with Crippen molar-refractivity contribution >= 4 is 0 Å². The molecule has 1 atom stereocenters. The van der Waals surface area contributed by atoms with Gasteiger partial charge in [0.05, 0.1) is 6.20 Å². The Balaban J connectivity index is 2.18. The molecule has 0 radical (unpaired) electrons. The normalized spacial score (nSPS) is 12.6. The lowest BCUT2D eigenvalue weighted by molar-refractivity contribution is 0.478. The molecular weight excluding hydrogens is 219 g/mol. The third kappa shape index (κ3) is 2.91. The first-order valence-electron chi connectivity index (χ1n) is 5.57. The Morgan fingerprint density at radius 3 is 3.00 bits per heavy atom. The van der Waals surface area contributed by atoms with Crippen molar-refractivity contribution in [2.75, 3.05) is 7.05 Å². The fourth-order valence-electron chi connectivity index (χ4n) is 1.56. The van der Waals surface area contributed by atoms with Crippen molar-refractivity contribution in [2.45, 2.75) is 19.4 Å². The van der Waals surface area contributed by atoms with Crippen LogP contribution in [-0.4, -0.2) is 18.1 Å². The van der Waals surface area contributed by atoms with E-state index in [1.165, 1.54) is 12.1 Å². The first kappa shape index (κ1) is 11.8. The van der Waals surface area contributed by atoms with Crippen LogP contribution in [0, 0.1) is 5.82 Å². The van der Waals surface area contributed by atoms with Crippen molar-refractivity contribution in [3.63, 3.8) is 0 Å². The number of rotatable bonds is 4. The molecule has 1 aromatic carbocycles. The smallest absolute Gasteiger partial charge is 0.226 e. The van der Waals surface area contributed by atoms with Crippen molar-refractivity contribution in [1.29, 1.82) is 0 Å². The summed E-state index contributed by atoms with van der Waals surface area (Å²) in [6.45, 7) is 2.06. The van der Waals surface area contributed by atoms with Gasteiger partial charge < -0.3 is 9.73 Å². The van der Waals surface area contributed by atoms with Gasteiger partial charge in [-0.1, -0.05) is 6.07 Å². The minimum absolute atomic E-state index is 0.286. The molecule has 0 saturated carbocycles. The highest BCUT2D eigenvalue weighted by molar-refractivity contribution is 5.52. The van der Waals surface area contributed by atoms with Gasteiger partial charge in [-0.15, -0.1) is 0 Å². The number of benzene rings is 1. The van der Waals surface area contributed by atoms with E-state index >= 15 is 0 Å². The Morgan fingerprint density at radius 1 is 1.47 bits per heavy atom. The Kier molecular flexibility index (Phi) is 3.54. The van der Waals surface area contributed by atoms with Crippen LogP contribution in [0.2, 0.25) is 0 Å². The average Bonchev–Trinajstić information content (AvgIpc) is 2.77. The molecular formula is C13H15FN2O. The fourth-order valence-corrected chi connectivity index (χ4v) is 1.56. The van der Waals surface area contributed by atoms with Crippen LogP contribution >= 0.6 is 0 Å². The maximum Gasteiger partial charge on any atom is 0.226 e. The van der Waals surface area contributed by atoms with E-state index in [2.05, 4.69) is 17.2 Å². The largest absolute Gasteiger partial charge is 0.441 e. The van der Waals surface area contributed by atoms with Crippen LogP contribution in [0.4, 0.5) is 4.39 Å². The van der Waals surface area contributed by atoms with Crippen molar-refractivity contribution in [2.24, 2.45) is 0 Å². The Morgan fingerprint density at radius 2 is 2.29 bits per heavy atom. The second kappa shape index (κ2) is 5.10. The fraction of sp³-hybridized carbons (Fsp3) is 0.308. The van der Waals surface area contributed by atoms with Gasteiger partial charge in [-0.25, -0.2) is 9.37 Å². The summed E-state index contributed by atoms with van der Waals surface area (Å²) in [4.78, 5) is 4.15. The Labute approximate surface area is 99.7 Å². The molecule has 4 heteroatoms. The van der Waals surface area contributed by atoms with Crippen molar-refractivity contribution in [3.8, 4) is 11.5 Å². The number of hydrogen-bond donors (Lipinski definition) is 1. The predicted molar refractivity (Wildman–Crippen MR) is 64.1 cm³/mol. The molecule has 0 spiro atoms. The zero-order valence-electron chi connectivity index (χ0n) is 9.90. The van der Waals surface area contributed by atoms with E-state index in [1.807, 2.05) is 7.05 Å². The number of nitrogens with zero attached hydrogens (tertiary/aromatic N) is 1. The highest BCUT2D eigenvalue weighted by Crippen LogP contribution is 2.20. The van der Waals surface area contributed by atoms with Gasteiger partial charge in [0.25, 0.3) is 0 Å². The summed E-state index contributed by atoms with van der Waals surface area (Å²) >= 11 is 0. The zero-order chi connectivity index (χ0) is 12.3. The third-order valence-corrected chi connectivity index (χ3v) is 2.63. The van der Waals surface area contributed by atoms with Crippen LogP contribution in [0.5, 0.6) is 0 Å². The standard InChI is InChI=1S/C13H15FN2O/c1-9(15-2)6-12-8-16-13(17-12)10-4-3-5-11(14)7-10/h3-5,7-9,15H,6H2,1-2H3. The van der Waals surface area contributed by atoms with Crippen molar-refractivity contribution < 1.29 is 8.81 Å². The minimum Gasteiger partial charge on any atom is -0.441 e. The number of aromatic nitrogens is 1. The molecule has 1 heterocycles. The number of nitrogens with one attached hydrogen (secondary N) is 1. The van der Waals surface area contributed by atoms with Gasteiger partial charge in [-0.2, -0.15) is 0 Å². The third-order valence-electron chi connectivity index (χ3n) is 2.63. The van der Waals surface area contributed by atoms with Gasteiger partial charge in [-0.05, 0) is 32.2 Å². The summed E-state index contributed by atoms with van der Waals surface area (Å²) in [6.07, 6.45) is 2.45. The van der Waals surface area contributed by atoms with Gasteiger partial charge in [0.15, 0.2) is 0 Å². The monoisotopic (exact) mass is 234 g/mol. The molecule has 0 amide bonds. The molecule has 0 aliphatic rings. The van der Waals surface area contributed by atoms with Gasteiger partial charge in [0.2, 0.25) is 5.89 Å². The summed E-state index contributed by atoms with van der Waals surface area (Å²) in [6, 6.07) is 6.56. The number of halogens is 1. The Hall–Kier alpha value is -1.68. The highest BCUT2D eigenvalue weighted by Gasteiger charge is 2.09. The van der Waals surface area contributed by atoms with Crippen molar-refractivity contribution in [1.82, 2.24) is 10.3 Å². The van der Waals surface area contributed by atoms with E-state index < -0.39 is 0 Å². The molecule has 2 rings (SSSR count). The van der Waals surface area contributed by atoms with Crippen LogP contribution in [0.15, 0.2) is 34.9 Å². The van der Waals surface area contributed by atoms with Gasteiger partial charge in [-0.3, -0.25) is 0 Å². The second-order valence-electron chi connectivity index (χ2n) is 4.04. The molecule has 0 saturated heterocycles. The molecule has 0 aliphatic heterocycles. The molecule has 0 bridgehead atoms. The van der Waals surface area contributed by atoms with Crippen LogP contribution in [0.1, 0.15) is 12.7 Å². The van der Waals surface area contributed by atoms with E-state index in [0.717, 1.165) is 12.2 Å². The van der Waals surface area contributed by atoms with Crippen LogP contribution in [0.3, 0.4) is 0 Å².